The third-order valence-corrected chi connectivity index (χ3v) is 9.06. The van der Waals surface area contributed by atoms with Gasteiger partial charge in [-0.1, -0.05) is 23.2 Å². The van der Waals surface area contributed by atoms with Crippen LogP contribution in [0.1, 0.15) is 12.8 Å². The van der Waals surface area contributed by atoms with Crippen molar-refractivity contribution in [3.63, 3.8) is 0 Å². The summed E-state index contributed by atoms with van der Waals surface area (Å²) in [6.07, 6.45) is 1.44. The van der Waals surface area contributed by atoms with E-state index in [0.717, 1.165) is 52.1 Å². The number of sulfonamides is 2. The lowest BCUT2D eigenvalue weighted by Crippen LogP contribution is -2.47. The van der Waals surface area contributed by atoms with Gasteiger partial charge in [-0.15, -0.1) is 0 Å². The number of hydrogen-bond acceptors (Lipinski definition) is 6. The summed E-state index contributed by atoms with van der Waals surface area (Å²) in [5, 5.41) is 0.995. The maximum Gasteiger partial charge on any atom is 0.240 e. The zero-order valence-corrected chi connectivity index (χ0v) is 21.9. The van der Waals surface area contributed by atoms with Gasteiger partial charge in [0.15, 0.2) is 0 Å². The number of rotatable bonds is 12. The summed E-state index contributed by atoms with van der Waals surface area (Å²) in [4.78, 5) is 5.05. The Morgan fingerprint density at radius 1 is 0.618 bits per heavy atom. The fourth-order valence-electron chi connectivity index (χ4n) is 3.65. The van der Waals surface area contributed by atoms with Gasteiger partial charge in [-0.3, -0.25) is 0 Å². The van der Waals surface area contributed by atoms with Gasteiger partial charge in [0.1, 0.15) is 0 Å². The Morgan fingerprint density at radius 3 is 1.26 bits per heavy atom. The average molecular weight is 550 g/mol. The minimum atomic E-state index is -3.52. The molecular formula is C22H30Cl2N4O4S2. The van der Waals surface area contributed by atoms with Crippen LogP contribution in [0, 0.1) is 0 Å². The summed E-state index contributed by atoms with van der Waals surface area (Å²) in [5.41, 5.74) is 0. The first-order valence-corrected chi connectivity index (χ1v) is 14.8. The standard InChI is InChI=1S/C22H30Cl2N4O4S2/c23-19-3-7-21(8-4-19)33(29,30)25-11-1-13-27-15-17-28(18-16-27)14-2-12-26-34(31,32)22-9-5-20(24)6-10-22/h3-10,25-26H,1-2,11-18H2. The highest BCUT2D eigenvalue weighted by Crippen LogP contribution is 2.15. The molecule has 1 fully saturated rings. The van der Waals surface area contributed by atoms with E-state index in [9.17, 15) is 16.8 Å². The molecule has 0 saturated carbocycles. The van der Waals surface area contributed by atoms with Crippen molar-refractivity contribution in [2.24, 2.45) is 0 Å². The number of halogens is 2. The minimum Gasteiger partial charge on any atom is -0.301 e. The first-order valence-electron chi connectivity index (χ1n) is 11.1. The zero-order chi connectivity index (χ0) is 24.6. The van der Waals surface area contributed by atoms with E-state index < -0.39 is 20.0 Å². The summed E-state index contributed by atoms with van der Waals surface area (Å²) < 4.78 is 54.5. The van der Waals surface area contributed by atoms with Crippen LogP contribution in [0.3, 0.4) is 0 Å². The molecule has 1 saturated heterocycles. The van der Waals surface area contributed by atoms with Gasteiger partial charge in [-0.05, 0) is 74.5 Å². The first-order chi connectivity index (χ1) is 16.2. The number of benzene rings is 2. The Labute approximate surface area is 212 Å². The molecule has 0 unspecified atom stereocenters. The van der Waals surface area contributed by atoms with E-state index in [4.69, 9.17) is 23.2 Å². The quantitative estimate of drug-likeness (QED) is 0.395. The molecule has 8 nitrogen and oxygen atoms in total. The van der Waals surface area contributed by atoms with Crippen LogP contribution in [0.5, 0.6) is 0 Å². The SMILES string of the molecule is O=S(=O)(NCCCN1CCN(CCCNS(=O)(=O)c2ccc(Cl)cc2)CC1)c1ccc(Cl)cc1. The predicted octanol–water partition coefficient (Wildman–Crippen LogP) is 2.65. The molecular weight excluding hydrogens is 519 g/mol. The van der Waals surface area contributed by atoms with E-state index in [1.807, 2.05) is 0 Å². The van der Waals surface area contributed by atoms with E-state index in [0.29, 0.717) is 23.1 Å². The summed E-state index contributed by atoms with van der Waals surface area (Å²) >= 11 is 11.6. The van der Waals surface area contributed by atoms with E-state index >= 15 is 0 Å². The molecule has 3 rings (SSSR count). The first kappa shape index (κ1) is 27.3. The number of hydrogen-bond donors (Lipinski definition) is 2. The van der Waals surface area contributed by atoms with Crippen molar-refractivity contribution in [1.29, 1.82) is 0 Å². The maximum atomic E-state index is 12.3. The molecule has 1 aliphatic heterocycles. The molecule has 0 aliphatic carbocycles. The van der Waals surface area contributed by atoms with Gasteiger partial charge in [-0.25, -0.2) is 26.3 Å². The number of nitrogens with zero attached hydrogens (tertiary/aromatic N) is 2. The summed E-state index contributed by atoms with van der Waals surface area (Å²) in [6, 6.07) is 12.2. The van der Waals surface area contributed by atoms with Crippen LogP contribution in [0.4, 0.5) is 0 Å². The molecule has 0 amide bonds. The van der Waals surface area contributed by atoms with E-state index in [1.165, 1.54) is 24.3 Å². The Kier molecular flexibility index (Phi) is 10.2. The largest absolute Gasteiger partial charge is 0.301 e. The molecule has 0 atom stereocenters. The van der Waals surface area contributed by atoms with Gasteiger partial charge in [-0.2, -0.15) is 0 Å². The van der Waals surface area contributed by atoms with Crippen LogP contribution in [-0.2, 0) is 20.0 Å². The Hall–Kier alpha value is -1.24. The second-order valence-electron chi connectivity index (χ2n) is 8.09. The van der Waals surface area contributed by atoms with Gasteiger partial charge >= 0.3 is 0 Å². The average Bonchev–Trinajstić information content (AvgIpc) is 2.81. The van der Waals surface area contributed by atoms with Crippen LogP contribution < -0.4 is 9.44 Å². The Balaban J connectivity index is 1.28. The third-order valence-electron chi connectivity index (χ3n) is 5.60. The Morgan fingerprint density at radius 2 is 0.941 bits per heavy atom. The smallest absolute Gasteiger partial charge is 0.240 e. The monoisotopic (exact) mass is 548 g/mol. The normalized spacial score (nSPS) is 16.1. The molecule has 1 heterocycles. The number of piperazine rings is 1. The molecule has 2 aromatic carbocycles. The molecule has 0 radical (unpaired) electrons. The second kappa shape index (κ2) is 12.6. The molecule has 0 bridgehead atoms. The van der Waals surface area contributed by atoms with E-state index in [2.05, 4.69) is 19.2 Å². The van der Waals surface area contributed by atoms with Crippen molar-refractivity contribution in [2.45, 2.75) is 22.6 Å². The van der Waals surface area contributed by atoms with Crippen molar-refractivity contribution in [3.05, 3.63) is 58.6 Å². The molecule has 188 valence electrons. The molecule has 0 aromatic heterocycles. The van der Waals surface area contributed by atoms with Gasteiger partial charge in [0.25, 0.3) is 0 Å². The lowest BCUT2D eigenvalue weighted by molar-refractivity contribution is 0.131. The van der Waals surface area contributed by atoms with E-state index in [-0.39, 0.29) is 9.79 Å². The fraction of sp³-hybridized carbons (Fsp3) is 0.455. The summed E-state index contributed by atoms with van der Waals surface area (Å²) in [6.45, 7) is 6.00. The molecule has 2 aromatic rings. The van der Waals surface area contributed by atoms with Crippen LogP contribution in [0.15, 0.2) is 58.3 Å². The summed E-state index contributed by atoms with van der Waals surface area (Å²) in [7, 11) is -7.04. The topological polar surface area (TPSA) is 98.8 Å². The zero-order valence-electron chi connectivity index (χ0n) is 18.8. The molecule has 12 heteroatoms. The van der Waals surface area contributed by atoms with Crippen LogP contribution >= 0.6 is 23.2 Å². The molecule has 1 aliphatic rings. The molecule has 34 heavy (non-hydrogen) atoms. The number of nitrogens with one attached hydrogen (secondary N) is 2. The third kappa shape index (κ3) is 8.46. The summed E-state index contributed by atoms with van der Waals surface area (Å²) in [5.74, 6) is 0. The Bertz CT molecular complexity index is 1030. The van der Waals surface area contributed by atoms with Gasteiger partial charge < -0.3 is 9.80 Å². The molecule has 0 spiro atoms. The van der Waals surface area contributed by atoms with Crippen molar-refractivity contribution in [2.75, 3.05) is 52.4 Å². The minimum absolute atomic E-state index is 0.209. The van der Waals surface area contributed by atoms with Gasteiger partial charge in [0, 0.05) is 49.3 Å². The van der Waals surface area contributed by atoms with Crippen molar-refractivity contribution in [3.8, 4) is 0 Å². The van der Waals surface area contributed by atoms with Crippen molar-refractivity contribution in [1.82, 2.24) is 19.2 Å². The molecule has 2 N–H and O–H groups in total. The maximum absolute atomic E-state index is 12.3. The van der Waals surface area contributed by atoms with Crippen LogP contribution in [0.25, 0.3) is 0 Å². The van der Waals surface area contributed by atoms with Crippen LogP contribution in [-0.4, -0.2) is 79.0 Å². The van der Waals surface area contributed by atoms with Gasteiger partial charge in [0.05, 0.1) is 9.79 Å². The van der Waals surface area contributed by atoms with E-state index in [1.54, 1.807) is 24.3 Å². The van der Waals surface area contributed by atoms with Crippen molar-refractivity contribution < 1.29 is 16.8 Å². The highest BCUT2D eigenvalue weighted by atomic mass is 35.5. The highest BCUT2D eigenvalue weighted by Gasteiger charge is 2.18. The second-order valence-corrected chi connectivity index (χ2v) is 12.5. The van der Waals surface area contributed by atoms with Gasteiger partial charge in [0.2, 0.25) is 20.0 Å². The fourth-order valence-corrected chi connectivity index (χ4v) is 6.05. The van der Waals surface area contributed by atoms with Crippen molar-refractivity contribution >= 4 is 43.2 Å². The van der Waals surface area contributed by atoms with Crippen LogP contribution in [0.2, 0.25) is 10.0 Å². The lowest BCUT2D eigenvalue weighted by Gasteiger charge is -2.34. The lowest BCUT2D eigenvalue weighted by atomic mass is 10.2. The highest BCUT2D eigenvalue weighted by molar-refractivity contribution is 7.89. The predicted molar refractivity (Wildman–Crippen MR) is 135 cm³/mol.